The molecule has 5 nitrogen and oxygen atoms in total. The molecule has 23 heavy (non-hydrogen) atoms. The number of anilines is 2. The molecule has 3 rings (SSSR count). The predicted molar refractivity (Wildman–Crippen MR) is 96.4 cm³/mol. The Morgan fingerprint density at radius 1 is 1.39 bits per heavy atom. The number of fused-ring (bicyclic) bond motifs is 1. The van der Waals surface area contributed by atoms with E-state index in [-0.39, 0.29) is 17.7 Å². The Bertz CT molecular complexity index is 889. The SMILES string of the molecule is Cc1ccc(-n2nc(NCCSF)c3csc(N)c3c2=O)cc1. The number of nitrogen functional groups attached to an aromatic ring is 1. The maximum absolute atomic E-state index is 12.7. The number of nitrogens with one attached hydrogen (secondary N) is 1. The summed E-state index contributed by atoms with van der Waals surface area (Å²) in [7, 11) is 0. The molecule has 0 spiro atoms. The van der Waals surface area contributed by atoms with E-state index in [1.165, 1.54) is 16.0 Å². The van der Waals surface area contributed by atoms with Gasteiger partial charge in [-0.1, -0.05) is 17.7 Å². The van der Waals surface area contributed by atoms with E-state index in [0.717, 1.165) is 5.56 Å². The number of aryl methyl sites for hydroxylation is 1. The molecule has 2 aromatic heterocycles. The smallest absolute Gasteiger partial charge is 0.282 e. The number of nitrogens with zero attached hydrogens (tertiary/aromatic N) is 2. The molecule has 2 heterocycles. The number of thiophene rings is 1. The summed E-state index contributed by atoms with van der Waals surface area (Å²) in [6.07, 6.45) is 0. The van der Waals surface area contributed by atoms with Crippen molar-refractivity contribution in [1.82, 2.24) is 9.78 Å². The highest BCUT2D eigenvalue weighted by molar-refractivity contribution is 7.94. The molecule has 1 aromatic carbocycles. The molecule has 0 amide bonds. The second-order valence-electron chi connectivity index (χ2n) is 5.03. The first-order chi connectivity index (χ1) is 11.1. The standard InChI is InChI=1S/C15H15FN4OS2/c1-9-2-4-10(5-3-9)20-15(21)12-11(8-22-13(12)17)14(19-20)18-6-7-23-16/h2-5,8H,6-7,17H2,1H3,(H,18,19). The quantitative estimate of drug-likeness (QED) is 0.690. The highest BCUT2D eigenvalue weighted by Gasteiger charge is 2.15. The van der Waals surface area contributed by atoms with Crippen LogP contribution in [-0.4, -0.2) is 22.1 Å². The molecular formula is C15H15FN4OS2. The van der Waals surface area contributed by atoms with Crippen LogP contribution in [0.15, 0.2) is 34.4 Å². The number of halogens is 1. The minimum Gasteiger partial charge on any atom is -0.390 e. The Kier molecular flexibility index (Phi) is 4.53. The van der Waals surface area contributed by atoms with Gasteiger partial charge in [-0.25, -0.2) is 0 Å². The van der Waals surface area contributed by atoms with Crippen LogP contribution in [0.5, 0.6) is 0 Å². The fraction of sp³-hybridized carbons (Fsp3) is 0.200. The van der Waals surface area contributed by atoms with Gasteiger partial charge >= 0.3 is 0 Å². The molecule has 0 radical (unpaired) electrons. The lowest BCUT2D eigenvalue weighted by Gasteiger charge is -2.10. The van der Waals surface area contributed by atoms with Crippen LogP contribution < -0.4 is 16.6 Å². The van der Waals surface area contributed by atoms with Gasteiger partial charge in [-0.2, -0.15) is 8.57 Å². The molecule has 120 valence electrons. The third-order valence-corrected chi connectivity index (χ3v) is 4.60. The Morgan fingerprint density at radius 2 is 2.13 bits per heavy atom. The van der Waals surface area contributed by atoms with Crippen LogP contribution in [0, 0.1) is 6.92 Å². The van der Waals surface area contributed by atoms with E-state index < -0.39 is 0 Å². The van der Waals surface area contributed by atoms with Gasteiger partial charge < -0.3 is 11.1 Å². The zero-order valence-corrected chi connectivity index (χ0v) is 14.0. The number of nitrogens with two attached hydrogens (primary N) is 1. The van der Waals surface area contributed by atoms with E-state index >= 15 is 0 Å². The fourth-order valence-electron chi connectivity index (χ4n) is 2.27. The van der Waals surface area contributed by atoms with Crippen molar-refractivity contribution < 1.29 is 3.89 Å². The van der Waals surface area contributed by atoms with Gasteiger partial charge in [0.05, 0.1) is 16.1 Å². The highest BCUT2D eigenvalue weighted by Crippen LogP contribution is 2.29. The van der Waals surface area contributed by atoms with Crippen LogP contribution in [0.25, 0.3) is 16.5 Å². The van der Waals surface area contributed by atoms with Gasteiger partial charge in [-0.3, -0.25) is 4.79 Å². The summed E-state index contributed by atoms with van der Waals surface area (Å²) in [5.41, 5.74) is 7.46. The van der Waals surface area contributed by atoms with Crippen molar-refractivity contribution in [1.29, 1.82) is 0 Å². The molecule has 3 N–H and O–H groups in total. The molecule has 0 aliphatic carbocycles. The van der Waals surface area contributed by atoms with Crippen molar-refractivity contribution in [3.8, 4) is 5.69 Å². The summed E-state index contributed by atoms with van der Waals surface area (Å²) in [6, 6.07) is 7.49. The molecule has 0 saturated carbocycles. The van der Waals surface area contributed by atoms with Crippen LogP contribution in [0.2, 0.25) is 0 Å². The third kappa shape index (κ3) is 3.04. The van der Waals surface area contributed by atoms with Crippen LogP contribution >= 0.6 is 23.5 Å². The van der Waals surface area contributed by atoms with Crippen LogP contribution in [0.1, 0.15) is 5.56 Å². The molecule has 3 aromatic rings. The third-order valence-electron chi connectivity index (χ3n) is 3.43. The van der Waals surface area contributed by atoms with Crippen molar-refractivity contribution in [2.45, 2.75) is 6.92 Å². The molecule has 0 saturated heterocycles. The summed E-state index contributed by atoms with van der Waals surface area (Å²) in [5, 5.41) is 10.8. The van der Waals surface area contributed by atoms with Crippen molar-refractivity contribution in [2.75, 3.05) is 23.3 Å². The second-order valence-corrected chi connectivity index (χ2v) is 6.57. The summed E-state index contributed by atoms with van der Waals surface area (Å²) in [6.45, 7) is 2.38. The Balaban J connectivity index is 2.17. The molecule has 0 bridgehead atoms. The summed E-state index contributed by atoms with van der Waals surface area (Å²) in [4.78, 5) is 12.7. The highest BCUT2D eigenvalue weighted by atomic mass is 32.2. The van der Waals surface area contributed by atoms with E-state index in [1.807, 2.05) is 31.2 Å². The van der Waals surface area contributed by atoms with Gasteiger partial charge in [0.25, 0.3) is 5.56 Å². The maximum Gasteiger partial charge on any atom is 0.282 e. The van der Waals surface area contributed by atoms with Crippen molar-refractivity contribution >= 4 is 45.1 Å². The minimum absolute atomic E-state index is 0.256. The van der Waals surface area contributed by atoms with Gasteiger partial charge in [-0.15, -0.1) is 16.4 Å². The second kappa shape index (κ2) is 6.59. The Labute approximate surface area is 140 Å². The van der Waals surface area contributed by atoms with Gasteiger partial charge in [-0.05, 0) is 19.1 Å². The Hall–Kier alpha value is -2.06. The van der Waals surface area contributed by atoms with E-state index in [1.54, 1.807) is 5.38 Å². The van der Waals surface area contributed by atoms with Crippen molar-refractivity contribution in [2.24, 2.45) is 0 Å². The summed E-state index contributed by atoms with van der Waals surface area (Å²) >= 11 is 1.55. The normalized spacial score (nSPS) is 11.0. The molecule has 0 fully saturated rings. The molecular weight excluding hydrogens is 335 g/mol. The first-order valence-electron chi connectivity index (χ1n) is 6.96. The lowest BCUT2D eigenvalue weighted by atomic mass is 10.2. The van der Waals surface area contributed by atoms with Crippen LogP contribution in [0.3, 0.4) is 0 Å². The average molecular weight is 350 g/mol. The van der Waals surface area contributed by atoms with Gasteiger partial charge in [0.2, 0.25) is 0 Å². The molecule has 0 aliphatic heterocycles. The molecule has 0 atom stereocenters. The first kappa shape index (κ1) is 15.8. The minimum atomic E-state index is -0.256. The van der Waals surface area contributed by atoms with E-state index in [4.69, 9.17) is 5.73 Å². The largest absolute Gasteiger partial charge is 0.390 e. The van der Waals surface area contributed by atoms with Gasteiger partial charge in [0.15, 0.2) is 5.82 Å². The van der Waals surface area contributed by atoms with Crippen LogP contribution in [0.4, 0.5) is 14.7 Å². The lowest BCUT2D eigenvalue weighted by Crippen LogP contribution is -2.23. The molecule has 0 unspecified atom stereocenters. The summed E-state index contributed by atoms with van der Waals surface area (Å²) < 4.78 is 13.6. The zero-order chi connectivity index (χ0) is 16.4. The lowest BCUT2D eigenvalue weighted by molar-refractivity contribution is 0.822. The topological polar surface area (TPSA) is 72.9 Å². The van der Waals surface area contributed by atoms with Gasteiger partial charge in [0, 0.05) is 35.2 Å². The van der Waals surface area contributed by atoms with Crippen molar-refractivity contribution in [3.05, 3.63) is 45.6 Å². The zero-order valence-electron chi connectivity index (χ0n) is 12.4. The van der Waals surface area contributed by atoms with Gasteiger partial charge in [0.1, 0.15) is 0 Å². The first-order valence-corrected chi connectivity index (χ1v) is 8.73. The van der Waals surface area contributed by atoms with Crippen molar-refractivity contribution in [3.63, 3.8) is 0 Å². The number of hydrogen-bond donors (Lipinski definition) is 2. The molecule has 0 aliphatic rings. The van der Waals surface area contributed by atoms with Crippen LogP contribution in [-0.2, 0) is 0 Å². The monoisotopic (exact) mass is 350 g/mol. The van der Waals surface area contributed by atoms with E-state index in [0.29, 0.717) is 39.6 Å². The number of rotatable bonds is 5. The predicted octanol–water partition coefficient (Wildman–Crippen LogP) is 3.37. The molecule has 8 heteroatoms. The summed E-state index contributed by atoms with van der Waals surface area (Å²) in [5.74, 6) is 0.828. The van der Waals surface area contributed by atoms with E-state index in [2.05, 4.69) is 10.4 Å². The fourth-order valence-corrected chi connectivity index (χ4v) is 3.24. The average Bonchev–Trinajstić information content (AvgIpc) is 2.93. The number of hydrogen-bond acceptors (Lipinski definition) is 6. The number of benzene rings is 1. The maximum atomic E-state index is 12.7. The Morgan fingerprint density at radius 3 is 2.83 bits per heavy atom. The van der Waals surface area contributed by atoms with E-state index in [9.17, 15) is 8.68 Å². The number of aromatic nitrogens is 2.